The van der Waals surface area contributed by atoms with Crippen LogP contribution in [0.15, 0.2) is 42.6 Å². The second-order valence-electron chi connectivity index (χ2n) is 6.13. The van der Waals surface area contributed by atoms with E-state index in [9.17, 15) is 4.79 Å². The third kappa shape index (κ3) is 4.64. The number of benzene rings is 1. The van der Waals surface area contributed by atoms with E-state index in [0.29, 0.717) is 12.2 Å². The van der Waals surface area contributed by atoms with Crippen molar-refractivity contribution < 1.29 is 14.3 Å². The molecular formula is C19H24N4O3. The fourth-order valence-corrected chi connectivity index (χ4v) is 2.90. The molecule has 1 aromatic heterocycles. The molecule has 0 spiro atoms. The Labute approximate surface area is 153 Å². The van der Waals surface area contributed by atoms with Crippen LogP contribution in [0.3, 0.4) is 0 Å². The minimum atomic E-state index is -0.454. The van der Waals surface area contributed by atoms with Crippen molar-refractivity contribution in [3.63, 3.8) is 0 Å². The van der Waals surface area contributed by atoms with Crippen LogP contribution >= 0.6 is 0 Å². The standard InChI is InChI=1S/C19H24N4O3/c1-25-16-3-2-4-17(13-16)26-12-11-22-7-9-23(10-8-22)18-6-5-15(14-21-18)19(20)24/h2-6,13-14H,7-12H2,1H3,(H2,20,24). The van der Waals surface area contributed by atoms with Crippen molar-refractivity contribution in [2.75, 3.05) is 51.3 Å². The van der Waals surface area contributed by atoms with Gasteiger partial charge in [-0.15, -0.1) is 0 Å². The van der Waals surface area contributed by atoms with E-state index in [1.165, 1.54) is 6.20 Å². The van der Waals surface area contributed by atoms with Gasteiger partial charge in [-0.2, -0.15) is 0 Å². The number of pyridine rings is 1. The van der Waals surface area contributed by atoms with Crippen molar-refractivity contribution in [1.82, 2.24) is 9.88 Å². The van der Waals surface area contributed by atoms with Crippen molar-refractivity contribution in [1.29, 1.82) is 0 Å². The maximum atomic E-state index is 11.1. The fourth-order valence-electron chi connectivity index (χ4n) is 2.90. The summed E-state index contributed by atoms with van der Waals surface area (Å²) in [4.78, 5) is 20.0. The Kier molecular flexibility index (Phi) is 5.91. The maximum absolute atomic E-state index is 11.1. The summed E-state index contributed by atoms with van der Waals surface area (Å²) in [6, 6.07) is 11.2. The Hall–Kier alpha value is -2.80. The molecule has 0 bridgehead atoms. The molecule has 26 heavy (non-hydrogen) atoms. The summed E-state index contributed by atoms with van der Waals surface area (Å²) in [6.45, 7) is 5.18. The topological polar surface area (TPSA) is 80.9 Å². The lowest BCUT2D eigenvalue weighted by Crippen LogP contribution is -2.47. The maximum Gasteiger partial charge on any atom is 0.250 e. The summed E-state index contributed by atoms with van der Waals surface area (Å²) < 4.78 is 11.0. The number of carbonyl (C=O) groups excluding carboxylic acids is 1. The fraction of sp³-hybridized carbons (Fsp3) is 0.368. The number of carbonyl (C=O) groups is 1. The van der Waals surface area contributed by atoms with E-state index in [4.69, 9.17) is 15.2 Å². The number of rotatable bonds is 7. The Balaban J connectivity index is 1.42. The molecule has 0 unspecified atom stereocenters. The van der Waals surface area contributed by atoms with E-state index in [1.54, 1.807) is 13.2 Å². The molecule has 2 heterocycles. The van der Waals surface area contributed by atoms with Crippen molar-refractivity contribution in [2.24, 2.45) is 5.73 Å². The van der Waals surface area contributed by atoms with Crippen LogP contribution in [-0.4, -0.2) is 62.2 Å². The van der Waals surface area contributed by atoms with E-state index >= 15 is 0 Å². The molecule has 0 saturated carbocycles. The molecule has 2 N–H and O–H groups in total. The first kappa shape index (κ1) is 18.0. The molecule has 3 rings (SSSR count). The van der Waals surface area contributed by atoms with Gasteiger partial charge in [-0.3, -0.25) is 9.69 Å². The lowest BCUT2D eigenvalue weighted by molar-refractivity contribution is 0.1000. The van der Waals surface area contributed by atoms with Gasteiger partial charge in [-0.05, 0) is 24.3 Å². The summed E-state index contributed by atoms with van der Waals surface area (Å²) in [5.41, 5.74) is 5.68. The molecule has 1 aromatic carbocycles. The Morgan fingerprint density at radius 3 is 2.58 bits per heavy atom. The highest BCUT2D eigenvalue weighted by Crippen LogP contribution is 2.19. The molecule has 1 amide bonds. The molecule has 138 valence electrons. The highest BCUT2D eigenvalue weighted by atomic mass is 16.5. The average molecular weight is 356 g/mol. The molecule has 0 radical (unpaired) electrons. The highest BCUT2D eigenvalue weighted by Gasteiger charge is 2.18. The Morgan fingerprint density at radius 2 is 1.92 bits per heavy atom. The zero-order chi connectivity index (χ0) is 18.4. The van der Waals surface area contributed by atoms with Crippen LogP contribution in [0.2, 0.25) is 0 Å². The molecule has 7 heteroatoms. The Bertz CT molecular complexity index is 728. The number of nitrogens with two attached hydrogens (primary N) is 1. The van der Waals surface area contributed by atoms with Crippen LogP contribution < -0.4 is 20.1 Å². The molecule has 0 atom stereocenters. The molecule has 0 aliphatic carbocycles. The van der Waals surface area contributed by atoms with Gasteiger partial charge in [0.05, 0.1) is 12.7 Å². The van der Waals surface area contributed by atoms with Gasteiger partial charge in [-0.1, -0.05) is 6.07 Å². The van der Waals surface area contributed by atoms with Gasteiger partial charge in [0.25, 0.3) is 0 Å². The minimum absolute atomic E-state index is 0.432. The number of primary amides is 1. The predicted octanol–water partition coefficient (Wildman–Crippen LogP) is 1.39. The number of piperazine rings is 1. The number of methoxy groups -OCH3 is 1. The summed E-state index contributed by atoms with van der Waals surface area (Å²) in [5, 5.41) is 0. The minimum Gasteiger partial charge on any atom is -0.497 e. The average Bonchev–Trinajstić information content (AvgIpc) is 2.69. The second-order valence-corrected chi connectivity index (χ2v) is 6.13. The summed E-state index contributed by atoms with van der Waals surface area (Å²) in [5.74, 6) is 2.04. The number of hydrogen-bond acceptors (Lipinski definition) is 6. The monoisotopic (exact) mass is 356 g/mol. The summed E-state index contributed by atoms with van der Waals surface area (Å²) in [6.07, 6.45) is 1.53. The largest absolute Gasteiger partial charge is 0.497 e. The highest BCUT2D eigenvalue weighted by molar-refractivity contribution is 5.92. The van der Waals surface area contributed by atoms with E-state index in [2.05, 4.69) is 14.8 Å². The van der Waals surface area contributed by atoms with Crippen LogP contribution in [0.4, 0.5) is 5.82 Å². The van der Waals surface area contributed by atoms with Gasteiger partial charge in [0.1, 0.15) is 23.9 Å². The number of hydrogen-bond donors (Lipinski definition) is 1. The number of ether oxygens (including phenoxy) is 2. The Morgan fingerprint density at radius 1 is 1.15 bits per heavy atom. The second kappa shape index (κ2) is 8.53. The molecule has 1 saturated heterocycles. The van der Waals surface area contributed by atoms with Crippen LogP contribution in [0, 0.1) is 0 Å². The van der Waals surface area contributed by atoms with Gasteiger partial charge in [0.15, 0.2) is 0 Å². The molecule has 2 aromatic rings. The number of amides is 1. The molecular weight excluding hydrogens is 332 g/mol. The predicted molar refractivity (Wildman–Crippen MR) is 99.9 cm³/mol. The van der Waals surface area contributed by atoms with Crippen LogP contribution in [0.25, 0.3) is 0 Å². The number of anilines is 1. The number of aromatic nitrogens is 1. The van der Waals surface area contributed by atoms with Crippen LogP contribution in [0.5, 0.6) is 11.5 Å². The van der Waals surface area contributed by atoms with Crippen LogP contribution in [0.1, 0.15) is 10.4 Å². The molecule has 1 fully saturated rings. The lowest BCUT2D eigenvalue weighted by atomic mass is 10.2. The van der Waals surface area contributed by atoms with E-state index in [-0.39, 0.29) is 0 Å². The van der Waals surface area contributed by atoms with Gasteiger partial charge in [-0.25, -0.2) is 4.98 Å². The first-order valence-electron chi connectivity index (χ1n) is 8.66. The third-order valence-electron chi connectivity index (χ3n) is 4.45. The SMILES string of the molecule is COc1cccc(OCCN2CCN(c3ccc(C(N)=O)cn3)CC2)c1. The zero-order valence-corrected chi connectivity index (χ0v) is 14.9. The van der Waals surface area contributed by atoms with Crippen molar-refractivity contribution >= 4 is 11.7 Å². The zero-order valence-electron chi connectivity index (χ0n) is 14.9. The van der Waals surface area contributed by atoms with E-state index < -0.39 is 5.91 Å². The molecule has 7 nitrogen and oxygen atoms in total. The quantitative estimate of drug-likeness (QED) is 0.807. The smallest absolute Gasteiger partial charge is 0.250 e. The van der Waals surface area contributed by atoms with Gasteiger partial charge < -0.3 is 20.1 Å². The van der Waals surface area contributed by atoms with Gasteiger partial charge in [0, 0.05) is 45.0 Å². The lowest BCUT2D eigenvalue weighted by Gasteiger charge is -2.35. The van der Waals surface area contributed by atoms with Crippen LogP contribution in [-0.2, 0) is 0 Å². The first-order chi connectivity index (χ1) is 12.7. The molecule has 1 aliphatic heterocycles. The molecule has 1 aliphatic rings. The summed E-state index contributed by atoms with van der Waals surface area (Å²) >= 11 is 0. The van der Waals surface area contributed by atoms with Crippen molar-refractivity contribution in [3.05, 3.63) is 48.2 Å². The van der Waals surface area contributed by atoms with Crippen molar-refractivity contribution in [3.8, 4) is 11.5 Å². The number of nitrogens with zero attached hydrogens (tertiary/aromatic N) is 3. The first-order valence-corrected chi connectivity index (χ1v) is 8.66. The van der Waals surface area contributed by atoms with Crippen molar-refractivity contribution in [2.45, 2.75) is 0 Å². The summed E-state index contributed by atoms with van der Waals surface area (Å²) in [7, 11) is 1.65. The normalized spacial score (nSPS) is 14.9. The van der Waals surface area contributed by atoms with Gasteiger partial charge in [0.2, 0.25) is 5.91 Å². The van der Waals surface area contributed by atoms with E-state index in [0.717, 1.165) is 50.0 Å². The third-order valence-corrected chi connectivity index (χ3v) is 4.45. The van der Waals surface area contributed by atoms with E-state index in [1.807, 2.05) is 30.3 Å². The van der Waals surface area contributed by atoms with Gasteiger partial charge >= 0.3 is 0 Å².